The predicted molar refractivity (Wildman–Crippen MR) is 85.0 cm³/mol. The zero-order valence-corrected chi connectivity index (χ0v) is 13.9. The molecule has 1 aromatic rings. The number of likely N-dealkylation sites (tertiary alicyclic amines) is 1. The highest BCUT2D eigenvalue weighted by molar-refractivity contribution is 7.07. The molecule has 0 spiro atoms. The highest BCUT2D eigenvalue weighted by Gasteiger charge is 2.49. The van der Waals surface area contributed by atoms with Crippen molar-refractivity contribution in [1.29, 1.82) is 0 Å². The summed E-state index contributed by atoms with van der Waals surface area (Å²) < 4.78 is 5.86. The van der Waals surface area contributed by atoms with E-state index in [9.17, 15) is 9.59 Å². The Bertz CT molecular complexity index is 606. The fraction of sp³-hybridized carbons (Fsp3) is 0.688. The molecule has 0 radical (unpaired) electrons. The van der Waals surface area contributed by atoms with Gasteiger partial charge in [0, 0.05) is 42.8 Å². The Balaban J connectivity index is 1.31. The Labute approximate surface area is 139 Å². The summed E-state index contributed by atoms with van der Waals surface area (Å²) in [5.74, 6) is 1.54. The summed E-state index contributed by atoms with van der Waals surface area (Å²) >= 11 is 1.41. The number of rotatable bonds is 4. The Morgan fingerprint density at radius 1 is 1.48 bits per heavy atom. The third kappa shape index (κ3) is 2.87. The maximum atomic E-state index is 12.4. The number of amides is 2. The molecule has 3 heterocycles. The van der Waals surface area contributed by atoms with Gasteiger partial charge in [0.15, 0.2) is 0 Å². The first kappa shape index (κ1) is 15.1. The van der Waals surface area contributed by atoms with Crippen molar-refractivity contribution in [3.05, 3.63) is 16.6 Å². The monoisotopic (exact) mass is 335 g/mol. The first-order valence-electron chi connectivity index (χ1n) is 8.20. The summed E-state index contributed by atoms with van der Waals surface area (Å²) in [6, 6.07) is 0. The number of nitrogens with one attached hydrogen (secondary N) is 1. The Morgan fingerprint density at radius 3 is 3.00 bits per heavy atom. The molecular weight excluding hydrogens is 314 g/mol. The van der Waals surface area contributed by atoms with Crippen LogP contribution in [0.25, 0.3) is 0 Å². The van der Waals surface area contributed by atoms with Crippen molar-refractivity contribution in [1.82, 2.24) is 15.2 Å². The highest BCUT2D eigenvalue weighted by atomic mass is 32.1. The molecule has 1 saturated carbocycles. The van der Waals surface area contributed by atoms with E-state index in [4.69, 9.17) is 4.74 Å². The van der Waals surface area contributed by atoms with Crippen LogP contribution in [0.5, 0.6) is 0 Å². The fourth-order valence-corrected chi connectivity index (χ4v) is 4.26. The topological polar surface area (TPSA) is 71.5 Å². The summed E-state index contributed by atoms with van der Waals surface area (Å²) in [7, 11) is 0. The van der Waals surface area contributed by atoms with E-state index >= 15 is 0 Å². The molecule has 3 fully saturated rings. The molecule has 1 aromatic heterocycles. The lowest BCUT2D eigenvalue weighted by atomic mass is 9.93. The Morgan fingerprint density at radius 2 is 2.30 bits per heavy atom. The van der Waals surface area contributed by atoms with Crippen LogP contribution in [-0.2, 0) is 9.53 Å². The number of ether oxygens (including phenoxy) is 1. The van der Waals surface area contributed by atoms with Gasteiger partial charge in [-0.1, -0.05) is 6.92 Å². The van der Waals surface area contributed by atoms with Crippen LogP contribution in [0.2, 0.25) is 0 Å². The van der Waals surface area contributed by atoms with E-state index < -0.39 is 0 Å². The molecule has 2 saturated heterocycles. The number of carbonyl (C=O) groups excluding carboxylic acids is 2. The number of aromatic nitrogens is 1. The molecule has 4 rings (SSSR count). The number of fused-ring (bicyclic) bond motifs is 1. The zero-order valence-electron chi connectivity index (χ0n) is 13.1. The van der Waals surface area contributed by atoms with Crippen LogP contribution >= 0.6 is 11.3 Å². The number of hydrogen-bond donors (Lipinski definition) is 1. The van der Waals surface area contributed by atoms with Gasteiger partial charge in [0.25, 0.3) is 5.91 Å². The quantitative estimate of drug-likeness (QED) is 0.891. The van der Waals surface area contributed by atoms with Crippen molar-refractivity contribution in [3.8, 4) is 0 Å². The average molecular weight is 335 g/mol. The molecule has 0 unspecified atom stereocenters. The van der Waals surface area contributed by atoms with E-state index in [2.05, 4.69) is 17.2 Å². The molecule has 3 aliphatic rings. The van der Waals surface area contributed by atoms with Crippen molar-refractivity contribution in [3.63, 3.8) is 0 Å². The highest BCUT2D eigenvalue weighted by Crippen LogP contribution is 2.41. The summed E-state index contributed by atoms with van der Waals surface area (Å²) in [6.07, 6.45) is 1.16. The van der Waals surface area contributed by atoms with Crippen LogP contribution in [0.4, 0.5) is 0 Å². The lowest BCUT2D eigenvalue weighted by Gasteiger charge is -2.20. The molecule has 0 aromatic carbocycles. The van der Waals surface area contributed by atoms with E-state index in [-0.39, 0.29) is 23.8 Å². The second-order valence-corrected chi connectivity index (χ2v) is 7.66. The second-order valence-electron chi connectivity index (χ2n) is 6.94. The van der Waals surface area contributed by atoms with E-state index in [1.807, 2.05) is 4.90 Å². The van der Waals surface area contributed by atoms with Crippen molar-refractivity contribution >= 4 is 23.2 Å². The lowest BCUT2D eigenvalue weighted by Crippen LogP contribution is -2.36. The third-order valence-corrected chi connectivity index (χ3v) is 5.95. The second kappa shape index (κ2) is 5.87. The first-order chi connectivity index (χ1) is 11.1. The molecule has 2 amide bonds. The van der Waals surface area contributed by atoms with E-state index in [1.165, 1.54) is 11.3 Å². The minimum Gasteiger partial charge on any atom is -0.376 e. The van der Waals surface area contributed by atoms with Gasteiger partial charge in [-0.2, -0.15) is 0 Å². The summed E-state index contributed by atoms with van der Waals surface area (Å²) in [4.78, 5) is 30.3. The minimum atomic E-state index is -0.132. The standard InChI is InChI=1S/C16H21N3O3S/c1-9-2-11(9)16(21)19-4-12-10(6-22-14(12)5-19)3-17-15(20)13-7-23-8-18-13/h7-12,14H,2-6H2,1H3,(H,17,20)/t9-,10-,11-,12+,14+/m0/s1. The summed E-state index contributed by atoms with van der Waals surface area (Å²) in [5.41, 5.74) is 2.12. The van der Waals surface area contributed by atoms with Gasteiger partial charge in [-0.25, -0.2) is 4.98 Å². The van der Waals surface area contributed by atoms with Gasteiger partial charge in [0.05, 0.1) is 18.2 Å². The number of hydrogen-bond acceptors (Lipinski definition) is 5. The molecule has 6 nitrogen and oxygen atoms in total. The number of nitrogens with zero attached hydrogens (tertiary/aromatic N) is 2. The Kier molecular flexibility index (Phi) is 3.85. The molecule has 1 aliphatic carbocycles. The van der Waals surface area contributed by atoms with Crippen LogP contribution in [0.1, 0.15) is 23.8 Å². The van der Waals surface area contributed by atoms with E-state index in [1.54, 1.807) is 10.9 Å². The lowest BCUT2D eigenvalue weighted by molar-refractivity contribution is -0.132. The maximum Gasteiger partial charge on any atom is 0.270 e. The molecule has 0 bridgehead atoms. The van der Waals surface area contributed by atoms with Crippen molar-refractivity contribution in [2.24, 2.45) is 23.7 Å². The predicted octanol–water partition coefficient (Wildman–Crippen LogP) is 1.00. The van der Waals surface area contributed by atoms with E-state index in [0.717, 1.165) is 13.0 Å². The van der Waals surface area contributed by atoms with Gasteiger partial charge in [-0.3, -0.25) is 9.59 Å². The van der Waals surface area contributed by atoms with Crippen molar-refractivity contribution in [2.75, 3.05) is 26.2 Å². The van der Waals surface area contributed by atoms with Crippen LogP contribution in [0.15, 0.2) is 10.9 Å². The van der Waals surface area contributed by atoms with Gasteiger partial charge in [-0.15, -0.1) is 11.3 Å². The number of thiazole rings is 1. The SMILES string of the molecule is C[C@H]1C[C@@H]1C(=O)N1C[C@@H]2[C@@H](CNC(=O)c3cscn3)CO[C@@H]2C1. The van der Waals surface area contributed by atoms with Gasteiger partial charge in [0.2, 0.25) is 5.91 Å². The zero-order chi connectivity index (χ0) is 16.0. The number of carbonyl (C=O) groups is 2. The third-order valence-electron chi connectivity index (χ3n) is 5.37. The molecule has 5 atom stereocenters. The van der Waals surface area contributed by atoms with Crippen LogP contribution < -0.4 is 5.32 Å². The average Bonchev–Trinajstić information content (AvgIpc) is 2.99. The molecule has 1 N–H and O–H groups in total. The van der Waals surface area contributed by atoms with Gasteiger partial charge < -0.3 is 15.0 Å². The molecule has 7 heteroatoms. The van der Waals surface area contributed by atoms with Gasteiger partial charge >= 0.3 is 0 Å². The molecule has 23 heavy (non-hydrogen) atoms. The van der Waals surface area contributed by atoms with Crippen LogP contribution in [-0.4, -0.2) is 54.0 Å². The smallest absolute Gasteiger partial charge is 0.270 e. The largest absolute Gasteiger partial charge is 0.376 e. The van der Waals surface area contributed by atoms with Gasteiger partial charge in [-0.05, 0) is 12.3 Å². The fourth-order valence-electron chi connectivity index (χ4n) is 3.73. The van der Waals surface area contributed by atoms with E-state index in [0.29, 0.717) is 43.1 Å². The molecule has 2 aliphatic heterocycles. The van der Waals surface area contributed by atoms with Crippen molar-refractivity contribution < 1.29 is 14.3 Å². The minimum absolute atomic E-state index is 0.132. The Hall–Kier alpha value is -1.47. The first-order valence-corrected chi connectivity index (χ1v) is 9.14. The summed E-state index contributed by atoms with van der Waals surface area (Å²) in [6.45, 7) is 4.86. The van der Waals surface area contributed by atoms with Crippen LogP contribution in [0, 0.1) is 23.7 Å². The molecular formula is C16H21N3O3S. The van der Waals surface area contributed by atoms with Gasteiger partial charge in [0.1, 0.15) is 5.69 Å². The van der Waals surface area contributed by atoms with Crippen LogP contribution in [0.3, 0.4) is 0 Å². The normalized spacial score (nSPS) is 35.2. The molecule has 124 valence electrons. The van der Waals surface area contributed by atoms with Crippen molar-refractivity contribution in [2.45, 2.75) is 19.4 Å². The maximum absolute atomic E-state index is 12.4. The summed E-state index contributed by atoms with van der Waals surface area (Å²) in [5, 5.41) is 4.69.